The smallest absolute Gasteiger partial charge is 0.254 e. The Morgan fingerprint density at radius 3 is 1.29 bits per heavy atom. The average Bonchev–Trinajstić information content (AvgIpc) is 1.41. The van der Waals surface area contributed by atoms with Crippen LogP contribution in [0.5, 0.6) is 0 Å². The molecule has 0 radical (unpaired) electrons. The SMILES string of the molecule is CO.Cl.O=[SH](=O)O. The Balaban J connectivity index is -0.0000000480. The van der Waals surface area contributed by atoms with Gasteiger partial charge in [-0.05, 0) is 0 Å². The van der Waals surface area contributed by atoms with E-state index in [1.54, 1.807) is 0 Å². The number of hydrogen-bond acceptors (Lipinski definition) is 3. The normalized spacial score (nSPS) is 5.71. The van der Waals surface area contributed by atoms with E-state index in [1.807, 2.05) is 0 Å². The van der Waals surface area contributed by atoms with E-state index in [9.17, 15) is 0 Å². The zero-order valence-corrected chi connectivity index (χ0v) is 5.28. The summed E-state index contributed by atoms with van der Waals surface area (Å²) in [6.07, 6.45) is 0. The molecule has 0 aliphatic heterocycles. The number of thiol groups is 1. The molecule has 0 aliphatic carbocycles. The van der Waals surface area contributed by atoms with Gasteiger partial charge >= 0.3 is 0 Å². The van der Waals surface area contributed by atoms with Gasteiger partial charge in [-0.3, -0.25) is 4.55 Å². The fourth-order valence-corrected chi connectivity index (χ4v) is 0. The molecule has 4 nitrogen and oxygen atoms in total. The summed E-state index contributed by atoms with van der Waals surface area (Å²) >= 11 is 0. The van der Waals surface area contributed by atoms with E-state index in [-0.39, 0.29) is 12.4 Å². The van der Waals surface area contributed by atoms with E-state index >= 15 is 0 Å². The standard InChI is InChI=1S/CH4O.ClH.H2O3S/c1-2;;1-4(2)3/h2H,1H3;1H;4H,(H,1,2,3). The minimum atomic E-state index is -3.12. The van der Waals surface area contributed by atoms with Crippen LogP contribution in [0.25, 0.3) is 0 Å². The fourth-order valence-electron chi connectivity index (χ4n) is 0. The highest BCUT2D eigenvalue weighted by molar-refractivity contribution is 7.66. The summed E-state index contributed by atoms with van der Waals surface area (Å²) in [4.78, 5) is 0. The van der Waals surface area contributed by atoms with Crippen LogP contribution in [0.4, 0.5) is 0 Å². The van der Waals surface area contributed by atoms with Gasteiger partial charge in [0, 0.05) is 7.11 Å². The minimum Gasteiger partial charge on any atom is -0.400 e. The maximum absolute atomic E-state index is 8.59. The molecule has 0 saturated heterocycles. The third-order valence-corrected chi connectivity index (χ3v) is 0. The molecule has 2 N–H and O–H groups in total. The quantitative estimate of drug-likeness (QED) is 0.309. The van der Waals surface area contributed by atoms with Crippen LogP contribution in [0.3, 0.4) is 0 Å². The van der Waals surface area contributed by atoms with Crippen molar-refractivity contribution in [1.29, 1.82) is 0 Å². The molecule has 0 aliphatic rings. The van der Waals surface area contributed by atoms with Crippen molar-refractivity contribution >= 4 is 23.4 Å². The largest absolute Gasteiger partial charge is 0.400 e. The molecular formula is CH7ClO4S. The summed E-state index contributed by atoms with van der Waals surface area (Å²) in [5, 5.41) is 7.00. The van der Waals surface area contributed by atoms with Gasteiger partial charge in [0.1, 0.15) is 0 Å². The topological polar surface area (TPSA) is 74.6 Å². The second kappa shape index (κ2) is 16.4. The van der Waals surface area contributed by atoms with E-state index in [0.717, 1.165) is 7.11 Å². The first-order chi connectivity index (χ1) is 2.73. The van der Waals surface area contributed by atoms with Crippen molar-refractivity contribution in [3.63, 3.8) is 0 Å². The Kier molecular flexibility index (Phi) is 36.8. The van der Waals surface area contributed by atoms with Crippen molar-refractivity contribution in [3.05, 3.63) is 0 Å². The minimum absolute atomic E-state index is 0. The van der Waals surface area contributed by atoms with Gasteiger partial charge in [-0.25, -0.2) is 8.42 Å². The molecule has 0 unspecified atom stereocenters. The molecule has 0 rings (SSSR count). The zero-order chi connectivity index (χ0) is 5.58. The molecule has 7 heavy (non-hydrogen) atoms. The van der Waals surface area contributed by atoms with Gasteiger partial charge in [0.2, 0.25) is 0 Å². The van der Waals surface area contributed by atoms with Gasteiger partial charge in [0.15, 0.2) is 0 Å². The van der Waals surface area contributed by atoms with Crippen molar-refractivity contribution in [2.75, 3.05) is 7.11 Å². The number of aliphatic hydroxyl groups excluding tert-OH is 1. The molecular weight excluding hydrogens is 144 g/mol. The molecule has 0 saturated carbocycles. The van der Waals surface area contributed by atoms with Gasteiger partial charge < -0.3 is 5.11 Å². The second-order valence-corrected chi connectivity index (χ2v) is 0.714. The number of halogens is 1. The Hall–Kier alpha value is 0.160. The summed E-state index contributed by atoms with van der Waals surface area (Å²) in [6, 6.07) is 0. The van der Waals surface area contributed by atoms with Crippen molar-refractivity contribution in [3.8, 4) is 0 Å². The maximum Gasteiger partial charge on any atom is 0.254 e. The molecule has 0 atom stereocenters. The lowest BCUT2D eigenvalue weighted by molar-refractivity contribution is 0.399. The van der Waals surface area contributed by atoms with E-state index in [0.29, 0.717) is 0 Å². The highest BCUT2D eigenvalue weighted by Crippen LogP contribution is 1.27. The molecule has 6 heteroatoms. The highest BCUT2D eigenvalue weighted by Gasteiger charge is 1.44. The summed E-state index contributed by atoms with van der Waals surface area (Å²) in [7, 11) is -2.12. The average molecular weight is 151 g/mol. The summed E-state index contributed by atoms with van der Waals surface area (Å²) in [6.45, 7) is 0. The first kappa shape index (κ1) is 15.7. The molecule has 0 bridgehead atoms. The highest BCUT2D eigenvalue weighted by atomic mass is 35.5. The Labute approximate surface area is 49.4 Å². The molecule has 48 valence electrons. The Bertz CT molecular complexity index is 60.1. The number of hydrogen-bond donors (Lipinski definition) is 3. The van der Waals surface area contributed by atoms with Crippen molar-refractivity contribution in [2.24, 2.45) is 0 Å². The fraction of sp³-hybridized carbons (Fsp3) is 1.00. The van der Waals surface area contributed by atoms with E-state index < -0.39 is 11.0 Å². The zero-order valence-electron chi connectivity index (χ0n) is 3.57. The van der Waals surface area contributed by atoms with E-state index in [1.165, 1.54) is 0 Å². The van der Waals surface area contributed by atoms with Gasteiger partial charge in [-0.15, -0.1) is 12.4 Å². The Morgan fingerprint density at radius 2 is 1.29 bits per heavy atom. The van der Waals surface area contributed by atoms with Crippen molar-refractivity contribution in [1.82, 2.24) is 0 Å². The molecule has 0 aromatic heterocycles. The van der Waals surface area contributed by atoms with Crippen LogP contribution in [0, 0.1) is 0 Å². The van der Waals surface area contributed by atoms with Crippen LogP contribution in [-0.4, -0.2) is 25.2 Å². The summed E-state index contributed by atoms with van der Waals surface area (Å²) < 4.78 is 24.2. The van der Waals surface area contributed by atoms with Crippen LogP contribution < -0.4 is 0 Å². The predicted molar refractivity (Wildman–Crippen MR) is 28.3 cm³/mol. The van der Waals surface area contributed by atoms with Crippen LogP contribution in [-0.2, 0) is 11.0 Å². The summed E-state index contributed by atoms with van der Waals surface area (Å²) in [5.74, 6) is 0. The van der Waals surface area contributed by atoms with Gasteiger partial charge in [0.25, 0.3) is 11.0 Å². The first-order valence-corrected chi connectivity index (χ1v) is 2.14. The van der Waals surface area contributed by atoms with Crippen LogP contribution in [0.1, 0.15) is 0 Å². The number of rotatable bonds is 0. The third-order valence-electron chi connectivity index (χ3n) is 0. The van der Waals surface area contributed by atoms with Crippen molar-refractivity contribution < 1.29 is 18.1 Å². The predicted octanol–water partition coefficient (Wildman–Crippen LogP) is -0.899. The monoisotopic (exact) mass is 150 g/mol. The van der Waals surface area contributed by atoms with Gasteiger partial charge in [-0.2, -0.15) is 0 Å². The summed E-state index contributed by atoms with van der Waals surface area (Å²) in [5.41, 5.74) is 0. The molecule has 0 spiro atoms. The number of aliphatic hydroxyl groups is 1. The molecule has 0 aromatic rings. The van der Waals surface area contributed by atoms with Crippen LogP contribution >= 0.6 is 12.4 Å². The first-order valence-electron chi connectivity index (χ1n) is 1.01. The van der Waals surface area contributed by atoms with E-state index in [4.69, 9.17) is 18.1 Å². The third kappa shape index (κ3) is 4160. The lowest BCUT2D eigenvalue weighted by Gasteiger charge is -1.43. The van der Waals surface area contributed by atoms with Crippen LogP contribution in [0.15, 0.2) is 0 Å². The lowest BCUT2D eigenvalue weighted by atomic mass is 11.8. The van der Waals surface area contributed by atoms with Crippen LogP contribution in [0.2, 0.25) is 0 Å². The maximum atomic E-state index is 8.59. The van der Waals surface area contributed by atoms with Gasteiger partial charge in [0.05, 0.1) is 0 Å². The van der Waals surface area contributed by atoms with E-state index in [2.05, 4.69) is 0 Å². The lowest BCUT2D eigenvalue weighted by Crippen LogP contribution is -1.58. The molecule has 0 amide bonds. The van der Waals surface area contributed by atoms with Gasteiger partial charge in [-0.1, -0.05) is 0 Å². The Morgan fingerprint density at radius 1 is 1.29 bits per heavy atom. The second-order valence-electron chi connectivity index (χ2n) is 0.238. The van der Waals surface area contributed by atoms with Crippen molar-refractivity contribution in [2.45, 2.75) is 0 Å². The molecule has 0 fully saturated rings. The molecule has 0 aromatic carbocycles. The molecule has 0 heterocycles.